The summed E-state index contributed by atoms with van der Waals surface area (Å²) < 4.78 is 28.2. The number of anilines is 1. The highest BCUT2D eigenvalue weighted by Gasteiger charge is 2.30. The van der Waals surface area contributed by atoms with Gasteiger partial charge in [0.1, 0.15) is 0 Å². The van der Waals surface area contributed by atoms with Crippen LogP contribution in [-0.4, -0.2) is 26.9 Å². The van der Waals surface area contributed by atoms with Crippen LogP contribution in [0.15, 0.2) is 47.4 Å². The molecule has 0 spiro atoms. The first-order valence-corrected chi connectivity index (χ1v) is 11.0. The van der Waals surface area contributed by atoms with Gasteiger partial charge in [-0.05, 0) is 73.9 Å². The minimum atomic E-state index is -3.74. The van der Waals surface area contributed by atoms with Crippen molar-refractivity contribution in [3.8, 4) is 0 Å². The van der Waals surface area contributed by atoms with E-state index in [1.54, 1.807) is 24.0 Å². The Morgan fingerprint density at radius 2 is 1.74 bits per heavy atom. The Bertz CT molecular complexity index is 985. The van der Waals surface area contributed by atoms with Gasteiger partial charge in [0.05, 0.1) is 10.9 Å². The van der Waals surface area contributed by atoms with Crippen LogP contribution in [0, 0.1) is 0 Å². The molecule has 142 valence electrons. The predicted molar refractivity (Wildman–Crippen MR) is 105 cm³/mol. The van der Waals surface area contributed by atoms with E-state index < -0.39 is 16.1 Å². The number of hydrogen-bond acceptors (Lipinski definition) is 3. The van der Waals surface area contributed by atoms with Crippen molar-refractivity contribution in [2.45, 2.75) is 50.0 Å². The molecule has 1 heterocycles. The van der Waals surface area contributed by atoms with Crippen molar-refractivity contribution < 1.29 is 13.2 Å². The zero-order chi connectivity index (χ0) is 19.0. The topological polar surface area (TPSA) is 66.5 Å². The zero-order valence-corrected chi connectivity index (χ0v) is 16.3. The van der Waals surface area contributed by atoms with E-state index in [0.717, 1.165) is 48.9 Å². The molecule has 27 heavy (non-hydrogen) atoms. The molecule has 1 N–H and O–H groups in total. The van der Waals surface area contributed by atoms with Gasteiger partial charge >= 0.3 is 0 Å². The first-order valence-electron chi connectivity index (χ1n) is 9.49. The summed E-state index contributed by atoms with van der Waals surface area (Å²) in [5.74, 6) is -0.221. The van der Waals surface area contributed by atoms with Crippen molar-refractivity contribution in [2.75, 3.05) is 11.4 Å². The van der Waals surface area contributed by atoms with Gasteiger partial charge in [-0.3, -0.25) is 4.79 Å². The number of amides is 1. The Labute approximate surface area is 160 Å². The minimum absolute atomic E-state index is 0.221. The smallest absolute Gasteiger partial charge is 0.244 e. The standard InChI is InChI=1S/C21H24N2O3S/c1-15(21(24)23-13-12-17-7-4-5-9-20(17)23)22-27(25,26)19-11-10-16-6-2-3-8-18(16)14-19/h4-5,7,9-11,14-15,22H,2-3,6,8,12-13H2,1H3/t15-/m1/s1. The van der Waals surface area contributed by atoms with Crippen LogP contribution < -0.4 is 9.62 Å². The predicted octanol–water partition coefficient (Wildman–Crippen LogP) is 2.82. The monoisotopic (exact) mass is 384 g/mol. The maximum Gasteiger partial charge on any atom is 0.244 e. The highest BCUT2D eigenvalue weighted by molar-refractivity contribution is 7.89. The van der Waals surface area contributed by atoms with Gasteiger partial charge in [0.15, 0.2) is 0 Å². The summed E-state index contributed by atoms with van der Waals surface area (Å²) in [7, 11) is -3.74. The van der Waals surface area contributed by atoms with Gasteiger partial charge in [-0.2, -0.15) is 4.72 Å². The maximum atomic E-state index is 12.8. The Balaban J connectivity index is 1.52. The zero-order valence-electron chi connectivity index (χ0n) is 15.4. The van der Waals surface area contributed by atoms with Crippen molar-refractivity contribution >= 4 is 21.6 Å². The molecule has 0 unspecified atom stereocenters. The molecule has 0 saturated carbocycles. The van der Waals surface area contributed by atoms with Crippen LogP contribution in [0.4, 0.5) is 5.69 Å². The Kier molecular flexibility index (Phi) is 4.78. The van der Waals surface area contributed by atoms with E-state index in [9.17, 15) is 13.2 Å². The summed E-state index contributed by atoms with van der Waals surface area (Å²) >= 11 is 0. The van der Waals surface area contributed by atoms with Crippen molar-refractivity contribution in [3.63, 3.8) is 0 Å². The molecule has 2 aliphatic rings. The first kappa shape index (κ1) is 18.2. The summed E-state index contributed by atoms with van der Waals surface area (Å²) in [6, 6.07) is 12.3. The number of benzene rings is 2. The fraction of sp³-hybridized carbons (Fsp3) is 0.381. The molecule has 5 nitrogen and oxygen atoms in total. The van der Waals surface area contributed by atoms with Crippen LogP contribution in [0.3, 0.4) is 0 Å². The summed E-state index contributed by atoms with van der Waals surface area (Å²) in [6.07, 6.45) is 4.96. The molecule has 6 heteroatoms. The Hall–Kier alpha value is -2.18. The van der Waals surface area contributed by atoms with Crippen molar-refractivity contribution in [2.24, 2.45) is 0 Å². The Morgan fingerprint density at radius 1 is 1.00 bits per heavy atom. The van der Waals surface area contributed by atoms with Crippen LogP contribution in [0.5, 0.6) is 0 Å². The molecule has 1 amide bonds. The molecule has 1 aliphatic carbocycles. The van der Waals surface area contributed by atoms with Crippen molar-refractivity contribution in [1.29, 1.82) is 0 Å². The third-order valence-corrected chi connectivity index (χ3v) is 7.02. The molecular formula is C21H24N2O3S. The largest absolute Gasteiger partial charge is 0.310 e. The molecular weight excluding hydrogens is 360 g/mol. The quantitative estimate of drug-likeness (QED) is 0.881. The van der Waals surface area contributed by atoms with Gasteiger partial charge in [-0.15, -0.1) is 0 Å². The molecule has 1 atom stereocenters. The van der Waals surface area contributed by atoms with E-state index in [0.29, 0.717) is 6.54 Å². The second-order valence-electron chi connectivity index (χ2n) is 7.35. The summed E-state index contributed by atoms with van der Waals surface area (Å²) in [5, 5.41) is 0. The van der Waals surface area contributed by atoms with Crippen LogP contribution in [0.1, 0.15) is 36.5 Å². The van der Waals surface area contributed by atoms with Crippen molar-refractivity contribution in [3.05, 3.63) is 59.2 Å². The van der Waals surface area contributed by atoms with Crippen LogP contribution in [0.2, 0.25) is 0 Å². The third kappa shape index (κ3) is 3.51. The number of hydrogen-bond donors (Lipinski definition) is 1. The number of carbonyl (C=O) groups excluding carboxylic acids is 1. The molecule has 0 bridgehead atoms. The van der Waals surface area contributed by atoms with E-state index in [1.807, 2.05) is 30.3 Å². The summed E-state index contributed by atoms with van der Waals surface area (Å²) in [4.78, 5) is 14.8. The van der Waals surface area contributed by atoms with Crippen molar-refractivity contribution in [1.82, 2.24) is 4.72 Å². The number of sulfonamides is 1. The van der Waals surface area contributed by atoms with Gasteiger partial charge in [0.25, 0.3) is 0 Å². The van der Waals surface area contributed by atoms with E-state index in [-0.39, 0.29) is 10.8 Å². The molecule has 0 saturated heterocycles. The lowest BCUT2D eigenvalue weighted by Crippen LogP contribution is -2.46. The van der Waals surface area contributed by atoms with Crippen LogP contribution in [-0.2, 0) is 34.1 Å². The third-order valence-electron chi connectivity index (χ3n) is 5.49. The second kappa shape index (κ2) is 7.09. The van der Waals surface area contributed by atoms with Crippen LogP contribution >= 0.6 is 0 Å². The number of nitrogens with zero attached hydrogens (tertiary/aromatic N) is 1. The lowest BCUT2D eigenvalue weighted by molar-refractivity contribution is -0.119. The number of fused-ring (bicyclic) bond motifs is 2. The van der Waals surface area contributed by atoms with Gasteiger partial charge < -0.3 is 4.90 Å². The lowest BCUT2D eigenvalue weighted by atomic mass is 9.92. The second-order valence-corrected chi connectivity index (χ2v) is 9.06. The summed E-state index contributed by atoms with van der Waals surface area (Å²) in [5.41, 5.74) is 4.34. The molecule has 1 aliphatic heterocycles. The number of nitrogens with one attached hydrogen (secondary N) is 1. The number of aryl methyl sites for hydroxylation is 2. The molecule has 0 aromatic heterocycles. The van der Waals surface area contributed by atoms with E-state index in [2.05, 4.69) is 4.72 Å². The molecule has 4 rings (SSSR count). The lowest BCUT2D eigenvalue weighted by Gasteiger charge is -2.23. The molecule has 2 aromatic carbocycles. The molecule has 2 aromatic rings. The highest BCUT2D eigenvalue weighted by Crippen LogP contribution is 2.28. The van der Waals surface area contributed by atoms with Crippen LogP contribution in [0.25, 0.3) is 0 Å². The van der Waals surface area contributed by atoms with Gasteiger partial charge in [0.2, 0.25) is 15.9 Å². The molecule has 0 fully saturated rings. The van der Waals surface area contributed by atoms with Gasteiger partial charge in [0, 0.05) is 12.2 Å². The average Bonchev–Trinajstić information content (AvgIpc) is 3.10. The fourth-order valence-electron chi connectivity index (χ4n) is 4.03. The number of para-hydroxylation sites is 1. The average molecular weight is 385 g/mol. The Morgan fingerprint density at radius 3 is 2.56 bits per heavy atom. The van der Waals surface area contributed by atoms with E-state index in [4.69, 9.17) is 0 Å². The molecule has 0 radical (unpaired) electrons. The maximum absolute atomic E-state index is 12.8. The number of rotatable bonds is 4. The van der Waals surface area contributed by atoms with Gasteiger partial charge in [-0.25, -0.2) is 8.42 Å². The fourth-order valence-corrected chi connectivity index (χ4v) is 5.28. The van der Waals surface area contributed by atoms with Gasteiger partial charge in [-0.1, -0.05) is 24.3 Å². The minimum Gasteiger partial charge on any atom is -0.310 e. The number of carbonyl (C=O) groups is 1. The normalized spacial score (nSPS) is 17.3. The van der Waals surface area contributed by atoms with E-state index in [1.165, 1.54) is 5.56 Å². The summed E-state index contributed by atoms with van der Waals surface area (Å²) in [6.45, 7) is 2.20. The van der Waals surface area contributed by atoms with E-state index >= 15 is 0 Å². The highest BCUT2D eigenvalue weighted by atomic mass is 32.2. The first-order chi connectivity index (χ1) is 13.0. The SMILES string of the molecule is C[C@@H](NS(=O)(=O)c1ccc2c(c1)CCCC2)C(=O)N1CCc2ccccc21.